The molecule has 4 rings (SSSR count). The van der Waals surface area contributed by atoms with Crippen LogP contribution in [0.3, 0.4) is 0 Å². The number of rotatable bonds is 6. The van der Waals surface area contributed by atoms with Crippen molar-refractivity contribution < 1.29 is 4.42 Å². The molecule has 0 unspecified atom stereocenters. The van der Waals surface area contributed by atoms with E-state index in [1.165, 1.54) is 18.4 Å². The van der Waals surface area contributed by atoms with Crippen LogP contribution < -0.4 is 5.32 Å². The Morgan fingerprint density at radius 1 is 1.32 bits per heavy atom. The lowest BCUT2D eigenvalue weighted by atomic mass is 10.1. The second kappa shape index (κ2) is 6.98. The molecule has 1 aliphatic heterocycles. The summed E-state index contributed by atoms with van der Waals surface area (Å²) in [6.45, 7) is 5.99. The summed E-state index contributed by atoms with van der Waals surface area (Å²) < 4.78 is 7.52. The lowest BCUT2D eigenvalue weighted by Gasteiger charge is -2.26. The molecule has 6 heteroatoms. The molecule has 3 aromatic rings. The highest BCUT2D eigenvalue weighted by atomic mass is 16.3. The molecule has 1 aliphatic rings. The van der Waals surface area contributed by atoms with Gasteiger partial charge < -0.3 is 9.73 Å². The Labute approximate surface area is 147 Å². The van der Waals surface area contributed by atoms with Crippen LogP contribution in [0.1, 0.15) is 35.9 Å². The molecule has 1 atom stereocenters. The zero-order chi connectivity index (χ0) is 17.2. The number of hydrogen-bond acceptors (Lipinski definition) is 5. The first-order chi connectivity index (χ1) is 12.2. The third-order valence-corrected chi connectivity index (χ3v) is 5.04. The minimum Gasteiger partial charge on any atom is -0.468 e. The van der Waals surface area contributed by atoms with Crippen molar-refractivity contribution in [2.24, 2.45) is 7.05 Å². The van der Waals surface area contributed by atoms with E-state index in [9.17, 15) is 0 Å². The molecule has 0 aromatic carbocycles. The summed E-state index contributed by atoms with van der Waals surface area (Å²) in [6.07, 6.45) is 6.26. The van der Waals surface area contributed by atoms with E-state index in [0.29, 0.717) is 6.04 Å². The Bertz CT molecular complexity index is 833. The minimum atomic E-state index is 0.300. The average molecular weight is 339 g/mol. The van der Waals surface area contributed by atoms with Crippen molar-refractivity contribution in [2.45, 2.75) is 32.4 Å². The predicted molar refractivity (Wildman–Crippen MR) is 97.2 cm³/mol. The van der Waals surface area contributed by atoms with Crippen LogP contribution in [-0.4, -0.2) is 39.3 Å². The van der Waals surface area contributed by atoms with E-state index in [1.54, 1.807) is 6.26 Å². The molecule has 0 spiro atoms. The number of nitrogens with zero attached hydrogens (tertiary/aromatic N) is 4. The highest BCUT2D eigenvalue weighted by molar-refractivity contribution is 5.78. The molecule has 0 amide bonds. The van der Waals surface area contributed by atoms with E-state index in [2.05, 4.69) is 32.4 Å². The fraction of sp³-hybridized carbons (Fsp3) is 0.474. The van der Waals surface area contributed by atoms with Gasteiger partial charge in [-0.3, -0.25) is 9.58 Å². The van der Waals surface area contributed by atoms with Crippen molar-refractivity contribution in [2.75, 3.05) is 19.6 Å². The lowest BCUT2D eigenvalue weighted by Crippen LogP contribution is -2.33. The van der Waals surface area contributed by atoms with E-state index in [4.69, 9.17) is 4.42 Å². The van der Waals surface area contributed by atoms with Crippen LogP contribution in [0.5, 0.6) is 0 Å². The minimum absolute atomic E-state index is 0.300. The molecule has 6 nitrogen and oxygen atoms in total. The Hall–Kier alpha value is -2.18. The Balaban J connectivity index is 1.44. The largest absolute Gasteiger partial charge is 0.468 e. The summed E-state index contributed by atoms with van der Waals surface area (Å²) in [6, 6.07) is 6.54. The molecule has 0 aliphatic carbocycles. The van der Waals surface area contributed by atoms with Gasteiger partial charge >= 0.3 is 0 Å². The summed E-state index contributed by atoms with van der Waals surface area (Å²) in [5.74, 6) is 1.05. The van der Waals surface area contributed by atoms with Gasteiger partial charge in [-0.05, 0) is 56.6 Å². The van der Waals surface area contributed by atoms with Crippen molar-refractivity contribution in [3.05, 3.63) is 47.7 Å². The van der Waals surface area contributed by atoms with Crippen LogP contribution in [0.2, 0.25) is 0 Å². The van der Waals surface area contributed by atoms with Gasteiger partial charge in [0.05, 0.1) is 18.0 Å². The number of aryl methyl sites for hydroxylation is 2. The highest BCUT2D eigenvalue weighted by Crippen LogP contribution is 2.25. The third kappa shape index (κ3) is 3.32. The van der Waals surface area contributed by atoms with Crippen molar-refractivity contribution in [3.8, 4) is 0 Å². The molecular formula is C19H25N5O. The van der Waals surface area contributed by atoms with E-state index in [0.717, 1.165) is 48.7 Å². The average Bonchev–Trinajstić information content (AvgIpc) is 3.35. The van der Waals surface area contributed by atoms with Gasteiger partial charge in [0.15, 0.2) is 5.65 Å². The van der Waals surface area contributed by atoms with Crippen molar-refractivity contribution in [3.63, 3.8) is 0 Å². The molecule has 25 heavy (non-hydrogen) atoms. The number of pyridine rings is 1. The molecule has 132 valence electrons. The van der Waals surface area contributed by atoms with Gasteiger partial charge in [-0.1, -0.05) is 0 Å². The van der Waals surface area contributed by atoms with Gasteiger partial charge in [-0.25, -0.2) is 4.98 Å². The molecule has 0 radical (unpaired) electrons. The Morgan fingerprint density at radius 3 is 2.92 bits per heavy atom. The van der Waals surface area contributed by atoms with Crippen LogP contribution in [0.25, 0.3) is 11.0 Å². The fourth-order valence-electron chi connectivity index (χ4n) is 3.74. The summed E-state index contributed by atoms with van der Waals surface area (Å²) in [5, 5.41) is 9.16. The highest BCUT2D eigenvalue weighted by Gasteiger charge is 2.25. The van der Waals surface area contributed by atoms with Crippen LogP contribution in [0.15, 0.2) is 35.1 Å². The zero-order valence-corrected chi connectivity index (χ0v) is 14.9. The van der Waals surface area contributed by atoms with Crippen LogP contribution >= 0.6 is 0 Å². The molecule has 0 bridgehead atoms. The number of hydrogen-bond donors (Lipinski definition) is 1. The topological polar surface area (TPSA) is 59.1 Å². The van der Waals surface area contributed by atoms with Crippen molar-refractivity contribution in [1.29, 1.82) is 0 Å². The number of furan rings is 1. The first-order valence-corrected chi connectivity index (χ1v) is 8.99. The summed E-state index contributed by atoms with van der Waals surface area (Å²) in [7, 11) is 1.93. The molecular weight excluding hydrogens is 314 g/mol. The standard InChI is InChI=1S/C19H25N5O/c1-14-16-10-15(12-21-19(16)23(2)22-14)11-20-13-17(18-6-5-9-25-18)24-7-3-4-8-24/h5-6,9-10,12,17,20H,3-4,7-8,11,13H2,1-2H3/t17-/m1/s1. The van der Waals surface area contributed by atoms with Gasteiger partial charge in [0, 0.05) is 31.7 Å². The van der Waals surface area contributed by atoms with Gasteiger partial charge in [0.25, 0.3) is 0 Å². The third-order valence-electron chi connectivity index (χ3n) is 5.04. The molecule has 1 saturated heterocycles. The quantitative estimate of drug-likeness (QED) is 0.748. The summed E-state index contributed by atoms with van der Waals surface area (Å²) in [4.78, 5) is 7.07. The number of aromatic nitrogens is 3. The number of likely N-dealkylation sites (tertiary alicyclic amines) is 1. The maximum atomic E-state index is 5.68. The zero-order valence-electron chi connectivity index (χ0n) is 14.9. The fourth-order valence-corrected chi connectivity index (χ4v) is 3.74. The SMILES string of the molecule is Cc1nn(C)c2ncc(CNC[C@H](c3ccco3)N3CCCC3)cc12. The smallest absolute Gasteiger partial charge is 0.157 e. The number of nitrogens with one attached hydrogen (secondary N) is 1. The molecule has 1 N–H and O–H groups in total. The monoisotopic (exact) mass is 339 g/mol. The normalized spacial score (nSPS) is 16.7. The molecule has 1 fully saturated rings. The van der Waals surface area contributed by atoms with Gasteiger partial charge in [-0.2, -0.15) is 5.10 Å². The van der Waals surface area contributed by atoms with E-state index in [-0.39, 0.29) is 0 Å². The molecule has 0 saturated carbocycles. The summed E-state index contributed by atoms with van der Waals surface area (Å²) in [5.41, 5.74) is 3.15. The lowest BCUT2D eigenvalue weighted by molar-refractivity contribution is 0.209. The maximum absolute atomic E-state index is 5.68. The van der Waals surface area contributed by atoms with E-state index >= 15 is 0 Å². The van der Waals surface area contributed by atoms with Gasteiger partial charge in [-0.15, -0.1) is 0 Å². The Morgan fingerprint density at radius 2 is 2.16 bits per heavy atom. The van der Waals surface area contributed by atoms with Gasteiger partial charge in [0.1, 0.15) is 5.76 Å². The van der Waals surface area contributed by atoms with Crippen LogP contribution in [0, 0.1) is 6.92 Å². The first-order valence-electron chi connectivity index (χ1n) is 8.99. The Kier molecular flexibility index (Phi) is 4.55. The van der Waals surface area contributed by atoms with Crippen molar-refractivity contribution in [1.82, 2.24) is 25.0 Å². The van der Waals surface area contributed by atoms with Crippen molar-refractivity contribution >= 4 is 11.0 Å². The van der Waals surface area contributed by atoms with Crippen LogP contribution in [-0.2, 0) is 13.6 Å². The molecule has 3 aromatic heterocycles. The maximum Gasteiger partial charge on any atom is 0.157 e. The second-order valence-corrected chi connectivity index (χ2v) is 6.83. The van der Waals surface area contributed by atoms with Gasteiger partial charge in [0.2, 0.25) is 0 Å². The predicted octanol–water partition coefficient (Wildman–Crippen LogP) is 2.80. The van der Waals surface area contributed by atoms with Crippen LogP contribution in [0.4, 0.5) is 0 Å². The second-order valence-electron chi connectivity index (χ2n) is 6.83. The van der Waals surface area contributed by atoms with E-state index < -0.39 is 0 Å². The summed E-state index contributed by atoms with van der Waals surface area (Å²) >= 11 is 0. The number of fused-ring (bicyclic) bond motifs is 1. The molecule has 4 heterocycles. The first kappa shape index (κ1) is 16.3. The van der Waals surface area contributed by atoms with E-state index in [1.807, 2.05) is 30.9 Å².